The fraction of sp³-hybridized carbons (Fsp3) is 0.857. The van der Waals surface area contributed by atoms with Gasteiger partial charge < -0.3 is 9.80 Å². The van der Waals surface area contributed by atoms with Crippen molar-refractivity contribution in [2.24, 2.45) is 5.92 Å². The van der Waals surface area contributed by atoms with Gasteiger partial charge in [-0.2, -0.15) is 11.8 Å². The molecule has 2 rings (SSSR count). The zero-order chi connectivity index (χ0) is 14.5. The maximum absolute atomic E-state index is 12.6. The highest BCUT2D eigenvalue weighted by molar-refractivity contribution is 7.99. The van der Waals surface area contributed by atoms with Crippen molar-refractivity contribution in [1.29, 1.82) is 0 Å². The van der Waals surface area contributed by atoms with Gasteiger partial charge >= 0.3 is 0 Å². The molecular weight excluding hydrogens is 292 g/mol. The summed E-state index contributed by atoms with van der Waals surface area (Å²) >= 11 is 3.59. The minimum absolute atomic E-state index is 0.147. The van der Waals surface area contributed by atoms with E-state index in [9.17, 15) is 9.59 Å². The van der Waals surface area contributed by atoms with Crippen LogP contribution in [-0.4, -0.2) is 63.9 Å². The Morgan fingerprint density at radius 2 is 1.90 bits per heavy atom. The summed E-state index contributed by atoms with van der Waals surface area (Å²) in [6.07, 6.45) is 1.47. The quantitative estimate of drug-likeness (QED) is 0.794. The number of hydrogen-bond donors (Lipinski definition) is 0. The summed E-state index contributed by atoms with van der Waals surface area (Å²) < 4.78 is 0. The minimum atomic E-state index is -0.220. The Morgan fingerprint density at radius 3 is 2.55 bits per heavy atom. The summed E-state index contributed by atoms with van der Waals surface area (Å²) in [7, 11) is 0. The molecule has 1 atom stereocenters. The maximum Gasteiger partial charge on any atom is 0.246 e. The van der Waals surface area contributed by atoms with E-state index in [1.54, 1.807) is 16.7 Å². The Morgan fingerprint density at radius 1 is 1.20 bits per heavy atom. The molecule has 0 aromatic carbocycles. The molecule has 0 spiro atoms. The molecule has 0 saturated carbocycles. The molecule has 0 aliphatic carbocycles. The molecule has 0 radical (unpaired) electrons. The van der Waals surface area contributed by atoms with E-state index in [1.807, 2.05) is 16.7 Å². The van der Waals surface area contributed by atoms with Gasteiger partial charge in [0, 0.05) is 36.8 Å². The van der Waals surface area contributed by atoms with E-state index in [0.717, 1.165) is 36.8 Å². The van der Waals surface area contributed by atoms with Gasteiger partial charge in [-0.05, 0) is 12.3 Å². The van der Waals surface area contributed by atoms with E-state index in [4.69, 9.17) is 0 Å². The first kappa shape index (κ1) is 16.0. The van der Waals surface area contributed by atoms with Crippen LogP contribution in [0.15, 0.2) is 0 Å². The van der Waals surface area contributed by atoms with Crippen molar-refractivity contribution in [3.05, 3.63) is 0 Å². The van der Waals surface area contributed by atoms with Crippen LogP contribution in [0.3, 0.4) is 0 Å². The molecule has 0 aromatic heterocycles. The molecule has 2 aliphatic heterocycles. The van der Waals surface area contributed by atoms with Crippen LogP contribution < -0.4 is 0 Å². The van der Waals surface area contributed by atoms with Gasteiger partial charge in [0.05, 0.1) is 5.88 Å². The fourth-order valence-electron chi connectivity index (χ4n) is 2.44. The summed E-state index contributed by atoms with van der Waals surface area (Å²) in [5.74, 6) is 4.31. The first-order chi connectivity index (χ1) is 9.59. The fourth-order valence-corrected chi connectivity index (χ4v) is 4.52. The molecule has 2 aliphatic rings. The Bertz CT molecular complexity index is 357. The lowest BCUT2D eigenvalue weighted by Crippen LogP contribution is -2.51. The maximum atomic E-state index is 12.6. The van der Waals surface area contributed by atoms with Gasteiger partial charge in [-0.3, -0.25) is 9.59 Å². The van der Waals surface area contributed by atoms with Crippen molar-refractivity contribution in [1.82, 2.24) is 9.80 Å². The highest BCUT2D eigenvalue weighted by Crippen LogP contribution is 2.25. The predicted molar refractivity (Wildman–Crippen MR) is 85.9 cm³/mol. The number of thioether (sulfide) groups is 2. The van der Waals surface area contributed by atoms with Crippen LogP contribution in [0.25, 0.3) is 0 Å². The molecule has 2 heterocycles. The van der Waals surface area contributed by atoms with Gasteiger partial charge in [0.15, 0.2) is 0 Å². The van der Waals surface area contributed by atoms with Crippen LogP contribution in [0.1, 0.15) is 26.7 Å². The van der Waals surface area contributed by atoms with Crippen LogP contribution in [-0.2, 0) is 9.59 Å². The second-order valence-corrected chi connectivity index (χ2v) is 7.97. The molecule has 2 fully saturated rings. The van der Waals surface area contributed by atoms with Crippen LogP contribution in [0.2, 0.25) is 0 Å². The van der Waals surface area contributed by atoms with Crippen molar-refractivity contribution >= 4 is 35.3 Å². The first-order valence-corrected chi connectivity index (χ1v) is 9.64. The van der Waals surface area contributed by atoms with E-state index >= 15 is 0 Å². The predicted octanol–water partition coefficient (Wildman–Crippen LogP) is 1.90. The van der Waals surface area contributed by atoms with Gasteiger partial charge in [-0.1, -0.05) is 13.8 Å². The van der Waals surface area contributed by atoms with E-state index < -0.39 is 0 Å². The van der Waals surface area contributed by atoms with E-state index in [0.29, 0.717) is 18.2 Å². The largest absolute Gasteiger partial charge is 0.339 e. The number of amides is 2. The van der Waals surface area contributed by atoms with Crippen molar-refractivity contribution in [3.8, 4) is 0 Å². The Hall–Kier alpha value is -0.360. The lowest BCUT2D eigenvalue weighted by Gasteiger charge is -2.32. The van der Waals surface area contributed by atoms with Crippen molar-refractivity contribution in [2.45, 2.75) is 32.7 Å². The Balaban J connectivity index is 1.92. The standard InChI is InChI=1S/C14H24N2O2S2/c1-11(2)3-4-13(17)16-10-20-9-12(16)14(18)15-5-7-19-8-6-15/h11-12H,3-10H2,1-2H3. The monoisotopic (exact) mass is 316 g/mol. The average Bonchev–Trinajstić information content (AvgIpc) is 2.94. The van der Waals surface area contributed by atoms with Crippen molar-refractivity contribution < 1.29 is 9.59 Å². The zero-order valence-corrected chi connectivity index (χ0v) is 14.0. The van der Waals surface area contributed by atoms with Gasteiger partial charge in [-0.25, -0.2) is 0 Å². The number of carbonyl (C=O) groups is 2. The van der Waals surface area contributed by atoms with E-state index in [2.05, 4.69) is 13.8 Å². The second kappa shape index (κ2) is 7.59. The first-order valence-electron chi connectivity index (χ1n) is 7.33. The number of nitrogens with zero attached hydrogens (tertiary/aromatic N) is 2. The van der Waals surface area contributed by atoms with Gasteiger partial charge in [0.2, 0.25) is 11.8 Å². The molecular formula is C14H24N2O2S2. The van der Waals surface area contributed by atoms with Crippen molar-refractivity contribution in [2.75, 3.05) is 36.2 Å². The van der Waals surface area contributed by atoms with Gasteiger partial charge in [0.25, 0.3) is 0 Å². The lowest BCUT2D eigenvalue weighted by molar-refractivity contribution is -0.143. The third-order valence-corrected chi connectivity index (χ3v) is 5.70. The van der Waals surface area contributed by atoms with Crippen LogP contribution in [0.4, 0.5) is 0 Å². The van der Waals surface area contributed by atoms with Gasteiger partial charge in [-0.15, -0.1) is 11.8 Å². The summed E-state index contributed by atoms with van der Waals surface area (Å²) in [6, 6.07) is -0.220. The molecule has 20 heavy (non-hydrogen) atoms. The molecule has 4 nitrogen and oxygen atoms in total. The Labute approximate surface area is 130 Å². The average molecular weight is 316 g/mol. The van der Waals surface area contributed by atoms with Crippen molar-refractivity contribution in [3.63, 3.8) is 0 Å². The molecule has 114 valence electrons. The summed E-state index contributed by atoms with van der Waals surface area (Å²) in [5, 5.41) is 0. The SMILES string of the molecule is CC(C)CCC(=O)N1CSCC1C(=O)N1CCSCC1. The second-order valence-electron chi connectivity index (χ2n) is 5.75. The molecule has 0 aromatic rings. The molecule has 6 heteroatoms. The van der Waals surface area contributed by atoms with Crippen LogP contribution >= 0.6 is 23.5 Å². The van der Waals surface area contributed by atoms with Crippen LogP contribution in [0.5, 0.6) is 0 Å². The summed E-state index contributed by atoms with van der Waals surface area (Å²) in [5.41, 5.74) is 0. The Kier molecular flexibility index (Phi) is 6.08. The highest BCUT2D eigenvalue weighted by atomic mass is 32.2. The summed E-state index contributed by atoms with van der Waals surface area (Å²) in [6.45, 7) is 5.91. The number of carbonyl (C=O) groups excluding carboxylic acids is 2. The third-order valence-electron chi connectivity index (χ3n) is 3.75. The molecule has 2 amide bonds. The normalized spacial score (nSPS) is 23.4. The topological polar surface area (TPSA) is 40.6 Å². The zero-order valence-electron chi connectivity index (χ0n) is 12.3. The number of hydrogen-bond acceptors (Lipinski definition) is 4. The van der Waals surface area contributed by atoms with Crippen LogP contribution in [0, 0.1) is 5.92 Å². The smallest absolute Gasteiger partial charge is 0.246 e. The highest BCUT2D eigenvalue weighted by Gasteiger charge is 2.36. The number of rotatable bonds is 4. The van der Waals surface area contributed by atoms with Gasteiger partial charge in [0.1, 0.15) is 6.04 Å². The van der Waals surface area contributed by atoms with E-state index in [-0.39, 0.29) is 17.9 Å². The summed E-state index contributed by atoms with van der Waals surface area (Å²) in [4.78, 5) is 28.6. The minimum Gasteiger partial charge on any atom is -0.339 e. The molecule has 1 unspecified atom stereocenters. The molecule has 0 bridgehead atoms. The third kappa shape index (κ3) is 4.07. The molecule has 2 saturated heterocycles. The van der Waals surface area contributed by atoms with E-state index in [1.165, 1.54) is 0 Å². The lowest BCUT2D eigenvalue weighted by atomic mass is 10.1. The molecule has 0 N–H and O–H groups in total.